The molecule has 17 heavy (non-hydrogen) atoms. The summed E-state index contributed by atoms with van der Waals surface area (Å²) < 4.78 is 5.49. The van der Waals surface area contributed by atoms with Crippen molar-refractivity contribution in [2.24, 2.45) is 11.8 Å². The van der Waals surface area contributed by atoms with Crippen LogP contribution in [-0.4, -0.2) is 49.0 Å². The predicted octanol–water partition coefficient (Wildman–Crippen LogP) is 1.67. The van der Waals surface area contributed by atoms with Gasteiger partial charge in [0.2, 0.25) is 0 Å². The fraction of sp³-hybridized carbons (Fsp3) is 0.857. The summed E-state index contributed by atoms with van der Waals surface area (Å²) in [4.78, 5) is 2.45. The topological polar surface area (TPSA) is 32.7 Å². The Labute approximate surface area is 104 Å². The van der Waals surface area contributed by atoms with E-state index in [2.05, 4.69) is 24.8 Å². The van der Waals surface area contributed by atoms with E-state index in [1.165, 1.54) is 12.8 Å². The molecule has 1 saturated heterocycles. The third kappa shape index (κ3) is 3.30. The molecule has 0 unspecified atom stereocenters. The van der Waals surface area contributed by atoms with Crippen molar-refractivity contribution in [3.63, 3.8) is 0 Å². The average Bonchev–Trinajstić information content (AvgIpc) is 2.34. The van der Waals surface area contributed by atoms with Crippen LogP contribution in [0.1, 0.15) is 26.7 Å². The van der Waals surface area contributed by atoms with Crippen LogP contribution in [0.3, 0.4) is 0 Å². The molecule has 1 aliphatic heterocycles. The van der Waals surface area contributed by atoms with Gasteiger partial charge in [-0.2, -0.15) is 0 Å². The summed E-state index contributed by atoms with van der Waals surface area (Å²) in [5, 5.41) is 9.16. The maximum Gasteiger partial charge on any atom is 0.0932 e. The summed E-state index contributed by atoms with van der Waals surface area (Å²) in [6, 6.07) is 0. The van der Waals surface area contributed by atoms with Crippen molar-refractivity contribution in [2.75, 3.05) is 32.8 Å². The van der Waals surface area contributed by atoms with E-state index in [1.807, 2.05) is 0 Å². The van der Waals surface area contributed by atoms with Crippen LogP contribution in [0, 0.1) is 11.8 Å². The molecule has 0 aromatic carbocycles. The fourth-order valence-electron chi connectivity index (χ4n) is 3.03. The molecular formula is C14H25NO2. The van der Waals surface area contributed by atoms with Crippen LogP contribution in [0.25, 0.3) is 0 Å². The summed E-state index contributed by atoms with van der Waals surface area (Å²) in [5.74, 6) is 1.48. The van der Waals surface area contributed by atoms with Crippen molar-refractivity contribution in [3.8, 4) is 0 Å². The first-order valence-corrected chi connectivity index (χ1v) is 6.82. The largest absolute Gasteiger partial charge is 0.394 e. The Morgan fingerprint density at radius 1 is 1.53 bits per heavy atom. The first-order valence-electron chi connectivity index (χ1n) is 6.82. The van der Waals surface area contributed by atoms with Crippen LogP contribution in [0.5, 0.6) is 0 Å². The normalized spacial score (nSPS) is 35.7. The van der Waals surface area contributed by atoms with E-state index < -0.39 is 0 Å². The fourth-order valence-corrected chi connectivity index (χ4v) is 3.03. The minimum absolute atomic E-state index is 0.0203. The second-order valence-electron chi connectivity index (χ2n) is 5.54. The van der Waals surface area contributed by atoms with Crippen molar-refractivity contribution in [3.05, 3.63) is 11.6 Å². The highest BCUT2D eigenvalue weighted by atomic mass is 16.5. The molecule has 0 spiro atoms. The highest BCUT2D eigenvalue weighted by Crippen LogP contribution is 2.31. The van der Waals surface area contributed by atoms with Gasteiger partial charge in [0, 0.05) is 19.6 Å². The average molecular weight is 239 g/mol. The highest BCUT2D eigenvalue weighted by Gasteiger charge is 2.27. The monoisotopic (exact) mass is 239 g/mol. The molecule has 3 nitrogen and oxygen atoms in total. The van der Waals surface area contributed by atoms with E-state index in [9.17, 15) is 0 Å². The smallest absolute Gasteiger partial charge is 0.0932 e. The Kier molecular flexibility index (Phi) is 4.60. The zero-order valence-corrected chi connectivity index (χ0v) is 11.1. The van der Waals surface area contributed by atoms with E-state index >= 15 is 0 Å². The quantitative estimate of drug-likeness (QED) is 0.761. The molecule has 1 fully saturated rings. The molecule has 0 aromatic rings. The van der Waals surface area contributed by atoms with E-state index in [0.717, 1.165) is 32.2 Å². The molecule has 1 heterocycles. The molecule has 2 aliphatic rings. The Balaban J connectivity index is 1.91. The van der Waals surface area contributed by atoms with E-state index in [0.29, 0.717) is 5.92 Å². The van der Waals surface area contributed by atoms with Crippen molar-refractivity contribution in [1.82, 2.24) is 4.90 Å². The van der Waals surface area contributed by atoms with Crippen LogP contribution in [0.4, 0.5) is 0 Å². The molecular weight excluding hydrogens is 214 g/mol. The molecule has 0 saturated carbocycles. The van der Waals surface area contributed by atoms with Gasteiger partial charge in [0.25, 0.3) is 0 Å². The van der Waals surface area contributed by atoms with Crippen molar-refractivity contribution in [2.45, 2.75) is 32.8 Å². The number of nitrogens with zero attached hydrogens (tertiary/aromatic N) is 1. The maximum atomic E-state index is 9.16. The molecule has 0 amide bonds. The number of morpholine rings is 1. The number of rotatable bonds is 3. The lowest BCUT2D eigenvalue weighted by Crippen LogP contribution is -2.46. The van der Waals surface area contributed by atoms with Crippen molar-refractivity contribution >= 4 is 0 Å². The van der Waals surface area contributed by atoms with Gasteiger partial charge in [-0.05, 0) is 31.6 Å². The summed E-state index contributed by atoms with van der Waals surface area (Å²) in [7, 11) is 0. The van der Waals surface area contributed by atoms with Crippen LogP contribution < -0.4 is 0 Å². The third-order valence-corrected chi connectivity index (χ3v) is 4.24. The summed E-state index contributed by atoms with van der Waals surface area (Å²) in [6.07, 6.45) is 4.97. The van der Waals surface area contributed by atoms with Crippen LogP contribution in [0.15, 0.2) is 11.6 Å². The minimum atomic E-state index is 0.0203. The van der Waals surface area contributed by atoms with Gasteiger partial charge in [0.1, 0.15) is 0 Å². The molecule has 3 heteroatoms. The van der Waals surface area contributed by atoms with E-state index in [1.54, 1.807) is 5.57 Å². The molecule has 0 radical (unpaired) electrons. The standard InChI is InChI=1S/C14H25NO2/c1-11-4-3-5-12(2)14(11)9-15-6-7-17-13(8-15)10-16/h4,12-14,16H,3,5-10H2,1-2H3/t12-,13+,14+/m0/s1. The number of aliphatic hydroxyl groups is 1. The van der Waals surface area contributed by atoms with Crippen LogP contribution >= 0.6 is 0 Å². The zero-order chi connectivity index (χ0) is 12.3. The number of hydrogen-bond donors (Lipinski definition) is 1. The lowest BCUT2D eigenvalue weighted by atomic mass is 9.79. The van der Waals surface area contributed by atoms with Gasteiger partial charge in [-0.15, -0.1) is 0 Å². The Hall–Kier alpha value is -0.380. The molecule has 0 bridgehead atoms. The van der Waals surface area contributed by atoms with Gasteiger partial charge >= 0.3 is 0 Å². The summed E-state index contributed by atoms with van der Waals surface area (Å²) in [6.45, 7) is 8.55. The number of allylic oxidation sites excluding steroid dienone is 1. The van der Waals surface area contributed by atoms with Gasteiger partial charge in [-0.3, -0.25) is 4.90 Å². The lowest BCUT2D eigenvalue weighted by molar-refractivity contribution is -0.0567. The Bertz CT molecular complexity index is 277. The van der Waals surface area contributed by atoms with Crippen LogP contribution in [-0.2, 0) is 4.74 Å². The zero-order valence-electron chi connectivity index (χ0n) is 11.1. The van der Waals surface area contributed by atoms with Crippen molar-refractivity contribution in [1.29, 1.82) is 0 Å². The van der Waals surface area contributed by atoms with Gasteiger partial charge in [0.15, 0.2) is 0 Å². The van der Waals surface area contributed by atoms with Gasteiger partial charge in [-0.25, -0.2) is 0 Å². The lowest BCUT2D eigenvalue weighted by Gasteiger charge is -2.37. The predicted molar refractivity (Wildman–Crippen MR) is 68.9 cm³/mol. The van der Waals surface area contributed by atoms with Gasteiger partial charge < -0.3 is 9.84 Å². The molecule has 98 valence electrons. The molecule has 1 N–H and O–H groups in total. The van der Waals surface area contributed by atoms with Gasteiger partial charge in [-0.1, -0.05) is 18.6 Å². The Morgan fingerprint density at radius 2 is 2.35 bits per heavy atom. The summed E-state index contributed by atoms with van der Waals surface area (Å²) >= 11 is 0. The molecule has 3 atom stereocenters. The van der Waals surface area contributed by atoms with Crippen LogP contribution in [0.2, 0.25) is 0 Å². The van der Waals surface area contributed by atoms with E-state index in [-0.39, 0.29) is 12.7 Å². The first-order chi connectivity index (χ1) is 8.20. The van der Waals surface area contributed by atoms with Crippen molar-refractivity contribution < 1.29 is 9.84 Å². The SMILES string of the molecule is CC1=CCC[C@H](C)[C@@H]1CN1CCO[C@@H](CO)C1. The molecule has 0 aromatic heterocycles. The summed E-state index contributed by atoms with van der Waals surface area (Å²) in [5.41, 5.74) is 1.55. The number of ether oxygens (including phenoxy) is 1. The second-order valence-corrected chi connectivity index (χ2v) is 5.54. The molecule has 2 rings (SSSR count). The van der Waals surface area contributed by atoms with E-state index in [4.69, 9.17) is 9.84 Å². The first kappa shape index (κ1) is 13.1. The Morgan fingerprint density at radius 3 is 3.06 bits per heavy atom. The van der Waals surface area contributed by atoms with Gasteiger partial charge in [0.05, 0.1) is 19.3 Å². The number of aliphatic hydroxyl groups excluding tert-OH is 1. The third-order valence-electron chi connectivity index (χ3n) is 4.24. The minimum Gasteiger partial charge on any atom is -0.394 e. The molecule has 1 aliphatic carbocycles. The maximum absolute atomic E-state index is 9.16. The number of hydrogen-bond acceptors (Lipinski definition) is 3. The second kappa shape index (κ2) is 5.98. The highest BCUT2D eigenvalue weighted by molar-refractivity contribution is 5.09.